The van der Waals surface area contributed by atoms with Crippen molar-refractivity contribution < 1.29 is 9.53 Å². The van der Waals surface area contributed by atoms with Crippen molar-refractivity contribution in [2.75, 3.05) is 6.61 Å². The van der Waals surface area contributed by atoms with Crippen LogP contribution in [0.3, 0.4) is 0 Å². The quantitative estimate of drug-likeness (QED) is 0.916. The lowest BCUT2D eigenvalue weighted by atomic mass is 10.1. The SMILES string of the molecule is CCOc1ccccc1CNC(=O)c1cccc(C#N)c1. The first-order valence-electron chi connectivity index (χ1n) is 6.73. The Bertz CT molecular complexity index is 674. The van der Waals surface area contributed by atoms with E-state index in [1.54, 1.807) is 24.3 Å². The van der Waals surface area contributed by atoms with Gasteiger partial charge in [0.2, 0.25) is 0 Å². The summed E-state index contributed by atoms with van der Waals surface area (Å²) in [5, 5.41) is 11.7. The van der Waals surface area contributed by atoms with E-state index in [1.807, 2.05) is 37.3 Å². The molecule has 2 aromatic rings. The van der Waals surface area contributed by atoms with Gasteiger partial charge in [-0.05, 0) is 31.2 Å². The summed E-state index contributed by atoms with van der Waals surface area (Å²) in [4.78, 5) is 12.1. The minimum absolute atomic E-state index is 0.210. The van der Waals surface area contributed by atoms with Gasteiger partial charge in [-0.3, -0.25) is 4.79 Å². The molecule has 0 aliphatic rings. The molecule has 1 amide bonds. The van der Waals surface area contributed by atoms with Crippen molar-refractivity contribution in [3.8, 4) is 11.8 Å². The number of benzene rings is 2. The van der Waals surface area contributed by atoms with E-state index in [9.17, 15) is 4.79 Å². The molecule has 0 saturated heterocycles. The number of hydrogen-bond donors (Lipinski definition) is 1. The molecular weight excluding hydrogens is 264 g/mol. The van der Waals surface area contributed by atoms with Gasteiger partial charge in [0, 0.05) is 17.7 Å². The number of amides is 1. The number of rotatable bonds is 5. The van der Waals surface area contributed by atoms with E-state index >= 15 is 0 Å². The fourth-order valence-corrected chi connectivity index (χ4v) is 1.95. The monoisotopic (exact) mass is 280 g/mol. The van der Waals surface area contributed by atoms with Gasteiger partial charge in [-0.1, -0.05) is 24.3 Å². The Morgan fingerprint density at radius 1 is 1.24 bits per heavy atom. The molecule has 4 heteroatoms. The molecule has 0 aliphatic heterocycles. The summed E-state index contributed by atoms with van der Waals surface area (Å²) in [6.07, 6.45) is 0. The second-order valence-corrected chi connectivity index (χ2v) is 4.42. The second-order valence-electron chi connectivity index (χ2n) is 4.42. The largest absolute Gasteiger partial charge is 0.494 e. The van der Waals surface area contributed by atoms with Crippen LogP contribution in [-0.4, -0.2) is 12.5 Å². The maximum absolute atomic E-state index is 12.1. The summed E-state index contributed by atoms with van der Waals surface area (Å²) in [6.45, 7) is 2.88. The molecule has 2 rings (SSSR count). The normalized spacial score (nSPS) is 9.71. The van der Waals surface area contributed by atoms with Gasteiger partial charge >= 0.3 is 0 Å². The average molecular weight is 280 g/mol. The molecule has 0 bridgehead atoms. The van der Waals surface area contributed by atoms with Gasteiger partial charge in [-0.15, -0.1) is 0 Å². The minimum atomic E-state index is -0.210. The van der Waals surface area contributed by atoms with Crippen LogP contribution in [-0.2, 0) is 6.54 Å². The highest BCUT2D eigenvalue weighted by Crippen LogP contribution is 2.17. The lowest BCUT2D eigenvalue weighted by Gasteiger charge is -2.11. The van der Waals surface area contributed by atoms with Gasteiger partial charge in [0.25, 0.3) is 5.91 Å². The molecule has 2 aromatic carbocycles. The maximum Gasteiger partial charge on any atom is 0.251 e. The molecule has 0 aromatic heterocycles. The lowest BCUT2D eigenvalue weighted by molar-refractivity contribution is 0.0950. The van der Waals surface area contributed by atoms with Crippen molar-refractivity contribution in [2.45, 2.75) is 13.5 Å². The zero-order chi connectivity index (χ0) is 15.1. The fraction of sp³-hybridized carbons (Fsp3) is 0.176. The van der Waals surface area contributed by atoms with Crippen LogP contribution >= 0.6 is 0 Å². The summed E-state index contributed by atoms with van der Waals surface area (Å²) >= 11 is 0. The van der Waals surface area contributed by atoms with Crippen molar-refractivity contribution in [1.82, 2.24) is 5.32 Å². The molecule has 0 spiro atoms. The second kappa shape index (κ2) is 7.11. The summed E-state index contributed by atoms with van der Waals surface area (Å²) in [5.74, 6) is 0.560. The Kier molecular flexibility index (Phi) is 4.94. The molecule has 0 aliphatic carbocycles. The third-order valence-electron chi connectivity index (χ3n) is 2.97. The molecule has 0 radical (unpaired) electrons. The van der Waals surface area contributed by atoms with Gasteiger partial charge < -0.3 is 10.1 Å². The van der Waals surface area contributed by atoms with E-state index in [1.165, 1.54) is 0 Å². The highest BCUT2D eigenvalue weighted by Gasteiger charge is 2.08. The molecule has 0 fully saturated rings. The van der Waals surface area contributed by atoms with Gasteiger partial charge in [0.05, 0.1) is 18.2 Å². The first-order chi connectivity index (χ1) is 10.2. The predicted octanol–water partition coefficient (Wildman–Crippen LogP) is 2.89. The third-order valence-corrected chi connectivity index (χ3v) is 2.97. The Morgan fingerprint density at radius 2 is 2.05 bits per heavy atom. The molecule has 4 nitrogen and oxygen atoms in total. The van der Waals surface area contributed by atoms with Crippen LogP contribution in [0, 0.1) is 11.3 Å². The van der Waals surface area contributed by atoms with Crippen LogP contribution in [0.25, 0.3) is 0 Å². The van der Waals surface area contributed by atoms with Crippen molar-refractivity contribution >= 4 is 5.91 Å². The molecule has 106 valence electrons. The number of nitrogens with one attached hydrogen (secondary N) is 1. The zero-order valence-corrected chi connectivity index (χ0v) is 11.8. The van der Waals surface area contributed by atoms with Gasteiger partial charge in [-0.2, -0.15) is 5.26 Å². The van der Waals surface area contributed by atoms with Crippen LogP contribution in [0.4, 0.5) is 0 Å². The van der Waals surface area contributed by atoms with Crippen LogP contribution in [0.2, 0.25) is 0 Å². The van der Waals surface area contributed by atoms with E-state index in [0.717, 1.165) is 11.3 Å². The van der Waals surface area contributed by atoms with Crippen molar-refractivity contribution in [2.24, 2.45) is 0 Å². The molecule has 0 atom stereocenters. The van der Waals surface area contributed by atoms with E-state index < -0.39 is 0 Å². The molecule has 0 saturated carbocycles. The van der Waals surface area contributed by atoms with Crippen LogP contribution in [0.5, 0.6) is 5.75 Å². The Morgan fingerprint density at radius 3 is 2.81 bits per heavy atom. The number of ether oxygens (including phenoxy) is 1. The zero-order valence-electron chi connectivity index (χ0n) is 11.8. The number of nitrogens with zero attached hydrogens (tertiary/aromatic N) is 1. The smallest absolute Gasteiger partial charge is 0.251 e. The third kappa shape index (κ3) is 3.83. The summed E-state index contributed by atoms with van der Waals surface area (Å²) in [6, 6.07) is 16.2. The first-order valence-corrected chi connectivity index (χ1v) is 6.73. The van der Waals surface area contributed by atoms with Gasteiger partial charge in [0.1, 0.15) is 5.75 Å². The van der Waals surface area contributed by atoms with Gasteiger partial charge in [0.15, 0.2) is 0 Å². The number of carbonyl (C=O) groups excluding carboxylic acids is 1. The van der Waals surface area contributed by atoms with E-state index in [4.69, 9.17) is 10.00 Å². The van der Waals surface area contributed by atoms with Crippen molar-refractivity contribution in [3.05, 3.63) is 65.2 Å². The van der Waals surface area contributed by atoms with Crippen molar-refractivity contribution in [1.29, 1.82) is 5.26 Å². The summed E-state index contributed by atoms with van der Waals surface area (Å²) in [7, 11) is 0. The van der Waals surface area contributed by atoms with Gasteiger partial charge in [-0.25, -0.2) is 0 Å². The molecular formula is C17H16N2O2. The Balaban J connectivity index is 2.06. The number of nitriles is 1. The molecule has 0 heterocycles. The lowest BCUT2D eigenvalue weighted by Crippen LogP contribution is -2.23. The molecule has 1 N–H and O–H groups in total. The first kappa shape index (κ1) is 14.6. The van der Waals surface area contributed by atoms with Crippen LogP contribution < -0.4 is 10.1 Å². The average Bonchev–Trinajstić information content (AvgIpc) is 2.54. The molecule has 0 unspecified atom stereocenters. The predicted molar refractivity (Wildman–Crippen MR) is 79.9 cm³/mol. The number of hydrogen-bond acceptors (Lipinski definition) is 3. The standard InChI is InChI=1S/C17H16N2O2/c1-2-21-16-9-4-3-7-15(16)12-19-17(20)14-8-5-6-13(10-14)11-18/h3-10H,2,12H2,1H3,(H,19,20). The number of carbonyl (C=O) groups is 1. The van der Waals surface area contributed by atoms with E-state index in [0.29, 0.717) is 24.3 Å². The maximum atomic E-state index is 12.1. The Labute approximate surface area is 124 Å². The topological polar surface area (TPSA) is 62.1 Å². The number of para-hydroxylation sites is 1. The fourth-order valence-electron chi connectivity index (χ4n) is 1.95. The highest BCUT2D eigenvalue weighted by atomic mass is 16.5. The summed E-state index contributed by atoms with van der Waals surface area (Å²) in [5.41, 5.74) is 1.87. The minimum Gasteiger partial charge on any atom is -0.494 e. The van der Waals surface area contributed by atoms with Crippen LogP contribution in [0.15, 0.2) is 48.5 Å². The summed E-state index contributed by atoms with van der Waals surface area (Å²) < 4.78 is 5.52. The van der Waals surface area contributed by atoms with Crippen LogP contribution in [0.1, 0.15) is 28.4 Å². The van der Waals surface area contributed by atoms with E-state index in [-0.39, 0.29) is 5.91 Å². The van der Waals surface area contributed by atoms with E-state index in [2.05, 4.69) is 5.32 Å². The van der Waals surface area contributed by atoms with Crippen molar-refractivity contribution in [3.63, 3.8) is 0 Å². The highest BCUT2D eigenvalue weighted by molar-refractivity contribution is 5.94. The molecule has 21 heavy (non-hydrogen) atoms. The Hall–Kier alpha value is -2.80.